The van der Waals surface area contributed by atoms with Crippen molar-refractivity contribution >= 4 is 5.97 Å². The van der Waals surface area contributed by atoms with Crippen LogP contribution in [0.15, 0.2) is 42.5 Å². The van der Waals surface area contributed by atoms with Crippen LogP contribution in [-0.2, 0) is 28.8 Å². The minimum Gasteiger partial charge on any atom is -0.508 e. The van der Waals surface area contributed by atoms with Crippen molar-refractivity contribution in [2.24, 2.45) is 0 Å². The molecule has 2 rings (SSSR count). The van der Waals surface area contributed by atoms with Crippen LogP contribution in [0.25, 0.3) is 0 Å². The molecule has 2 aromatic rings. The first-order valence-electron chi connectivity index (χ1n) is 11.7. The highest BCUT2D eigenvalue weighted by atomic mass is 16.5. The zero-order valence-corrected chi connectivity index (χ0v) is 19.5. The third kappa shape index (κ3) is 11.5. The summed E-state index contributed by atoms with van der Waals surface area (Å²) in [5.41, 5.74) is 3.19. The Kier molecular flexibility index (Phi) is 13.9. The lowest BCUT2D eigenvalue weighted by Crippen LogP contribution is -2.07. The molecule has 0 saturated carbocycles. The molecule has 0 spiro atoms. The molecule has 4 nitrogen and oxygen atoms in total. The molecule has 0 aliphatic rings. The van der Waals surface area contributed by atoms with Gasteiger partial charge in [-0.2, -0.15) is 0 Å². The summed E-state index contributed by atoms with van der Waals surface area (Å²) in [6, 6.07) is 12.9. The topological polar surface area (TPSA) is 66.8 Å². The van der Waals surface area contributed by atoms with E-state index in [-0.39, 0.29) is 5.97 Å². The molecule has 0 aromatic heterocycles. The SMILES string of the molecule is CCCCOC(=O)CCc1cc(CCCC)c(O)c(CCCC)c1.Oc1ccccc1. The van der Waals surface area contributed by atoms with Crippen LogP contribution in [0, 0.1) is 0 Å². The fraction of sp³-hybridized carbons (Fsp3) is 0.519. The number of ether oxygens (including phenoxy) is 1. The summed E-state index contributed by atoms with van der Waals surface area (Å²) in [6.45, 7) is 6.92. The Labute approximate surface area is 188 Å². The first-order chi connectivity index (χ1) is 15.0. The van der Waals surface area contributed by atoms with Crippen LogP contribution in [0.3, 0.4) is 0 Å². The van der Waals surface area contributed by atoms with Crippen molar-refractivity contribution in [1.29, 1.82) is 0 Å². The van der Waals surface area contributed by atoms with E-state index in [1.165, 1.54) is 0 Å². The lowest BCUT2D eigenvalue weighted by atomic mass is 9.95. The van der Waals surface area contributed by atoms with Gasteiger partial charge in [0.1, 0.15) is 11.5 Å². The number of rotatable bonds is 12. The predicted molar refractivity (Wildman–Crippen MR) is 128 cm³/mol. The first kappa shape index (κ1) is 26.5. The summed E-state index contributed by atoms with van der Waals surface area (Å²) in [4.78, 5) is 11.8. The second kappa shape index (κ2) is 16.2. The molecular formula is C27H40O4. The lowest BCUT2D eigenvalue weighted by Gasteiger charge is -2.13. The van der Waals surface area contributed by atoms with E-state index in [1.807, 2.05) is 6.07 Å². The van der Waals surface area contributed by atoms with Crippen LogP contribution in [0.4, 0.5) is 0 Å². The highest BCUT2D eigenvalue weighted by Gasteiger charge is 2.11. The number of phenolic OH excluding ortho intramolecular Hbond substituents is 2. The molecule has 2 N–H and O–H groups in total. The number of phenols is 2. The number of aryl methyl sites for hydroxylation is 3. The van der Waals surface area contributed by atoms with Crippen molar-refractivity contribution in [2.75, 3.05) is 6.61 Å². The van der Waals surface area contributed by atoms with Crippen LogP contribution in [0.5, 0.6) is 11.5 Å². The molecule has 0 saturated heterocycles. The van der Waals surface area contributed by atoms with Crippen LogP contribution in [0.1, 0.15) is 82.4 Å². The van der Waals surface area contributed by atoms with Gasteiger partial charge in [-0.1, -0.05) is 70.4 Å². The molecule has 2 aromatic carbocycles. The number of benzene rings is 2. The normalized spacial score (nSPS) is 10.3. The summed E-state index contributed by atoms with van der Waals surface area (Å²) in [7, 11) is 0. The minimum absolute atomic E-state index is 0.123. The smallest absolute Gasteiger partial charge is 0.306 e. The third-order valence-electron chi connectivity index (χ3n) is 5.06. The molecule has 0 radical (unpaired) electrons. The van der Waals surface area contributed by atoms with Crippen molar-refractivity contribution in [3.05, 3.63) is 59.2 Å². The standard InChI is InChI=1S/C21H34O3.C6H6O/c1-4-7-10-18-15-17(12-13-20(22)24-14-9-6-3)16-19(21(18)23)11-8-5-2;7-6-4-2-1-3-5-6/h15-16,23H,4-14H2,1-3H3;1-5,7H. The van der Waals surface area contributed by atoms with E-state index in [0.717, 1.165) is 68.1 Å². The summed E-state index contributed by atoms with van der Waals surface area (Å²) in [6.07, 6.45) is 9.22. The van der Waals surface area contributed by atoms with Gasteiger partial charge in [-0.15, -0.1) is 0 Å². The van der Waals surface area contributed by atoms with Gasteiger partial charge in [-0.3, -0.25) is 4.79 Å². The van der Waals surface area contributed by atoms with E-state index in [4.69, 9.17) is 9.84 Å². The zero-order valence-electron chi connectivity index (χ0n) is 19.5. The Bertz CT molecular complexity index is 711. The van der Waals surface area contributed by atoms with Crippen molar-refractivity contribution in [3.8, 4) is 11.5 Å². The van der Waals surface area contributed by atoms with Gasteiger partial charge in [0.2, 0.25) is 0 Å². The molecule has 0 fully saturated rings. The molecule has 0 aliphatic carbocycles. The predicted octanol–water partition coefficient (Wildman–Crippen LogP) is 6.75. The maximum Gasteiger partial charge on any atom is 0.306 e. The maximum absolute atomic E-state index is 11.8. The van der Waals surface area contributed by atoms with Crippen LogP contribution in [0.2, 0.25) is 0 Å². The van der Waals surface area contributed by atoms with Crippen molar-refractivity contribution in [2.45, 2.75) is 85.0 Å². The van der Waals surface area contributed by atoms with Gasteiger partial charge in [-0.25, -0.2) is 0 Å². The minimum atomic E-state index is -0.123. The van der Waals surface area contributed by atoms with Crippen molar-refractivity contribution in [1.82, 2.24) is 0 Å². The third-order valence-corrected chi connectivity index (χ3v) is 5.06. The average Bonchev–Trinajstić information content (AvgIpc) is 2.77. The summed E-state index contributed by atoms with van der Waals surface area (Å²) in [5.74, 6) is 0.662. The van der Waals surface area contributed by atoms with E-state index < -0.39 is 0 Å². The van der Waals surface area contributed by atoms with Gasteiger partial charge in [0.05, 0.1) is 6.61 Å². The Hall–Kier alpha value is -2.49. The Balaban J connectivity index is 0.000000577. The van der Waals surface area contributed by atoms with Crippen LogP contribution < -0.4 is 0 Å². The molecule has 4 heteroatoms. The molecule has 0 unspecified atom stereocenters. The highest BCUT2D eigenvalue weighted by Crippen LogP contribution is 2.28. The summed E-state index contributed by atoms with van der Waals surface area (Å²) >= 11 is 0. The Morgan fingerprint density at radius 2 is 1.35 bits per heavy atom. The van der Waals surface area contributed by atoms with E-state index in [2.05, 4.69) is 32.9 Å². The molecule has 31 heavy (non-hydrogen) atoms. The first-order valence-corrected chi connectivity index (χ1v) is 11.7. The quantitative estimate of drug-likeness (QED) is 0.290. The number of unbranched alkanes of at least 4 members (excludes halogenated alkanes) is 3. The Morgan fingerprint density at radius 1 is 0.806 bits per heavy atom. The monoisotopic (exact) mass is 428 g/mol. The maximum atomic E-state index is 11.8. The molecule has 0 aliphatic heterocycles. The Morgan fingerprint density at radius 3 is 1.81 bits per heavy atom. The van der Waals surface area contributed by atoms with Gasteiger partial charge in [0, 0.05) is 6.42 Å². The van der Waals surface area contributed by atoms with Gasteiger partial charge in [0.15, 0.2) is 0 Å². The van der Waals surface area contributed by atoms with Gasteiger partial charge in [-0.05, 0) is 67.3 Å². The molecule has 0 atom stereocenters. The van der Waals surface area contributed by atoms with Crippen LogP contribution >= 0.6 is 0 Å². The van der Waals surface area contributed by atoms with Gasteiger partial charge in [0.25, 0.3) is 0 Å². The average molecular weight is 429 g/mol. The van der Waals surface area contributed by atoms with Gasteiger partial charge < -0.3 is 14.9 Å². The number of aromatic hydroxyl groups is 2. The van der Waals surface area contributed by atoms with Gasteiger partial charge >= 0.3 is 5.97 Å². The van der Waals surface area contributed by atoms with Crippen molar-refractivity contribution in [3.63, 3.8) is 0 Å². The number of esters is 1. The summed E-state index contributed by atoms with van der Waals surface area (Å²) < 4.78 is 5.23. The van der Waals surface area contributed by atoms with E-state index in [9.17, 15) is 9.90 Å². The number of carbonyl (C=O) groups is 1. The van der Waals surface area contributed by atoms with E-state index >= 15 is 0 Å². The molecule has 172 valence electrons. The summed E-state index contributed by atoms with van der Waals surface area (Å²) in [5, 5.41) is 19.1. The molecule has 0 heterocycles. The van der Waals surface area contributed by atoms with Crippen LogP contribution in [-0.4, -0.2) is 22.8 Å². The molecule has 0 amide bonds. The zero-order chi connectivity index (χ0) is 22.9. The fourth-order valence-corrected chi connectivity index (χ4v) is 3.17. The largest absolute Gasteiger partial charge is 0.508 e. The number of hydrogen-bond acceptors (Lipinski definition) is 4. The van der Waals surface area contributed by atoms with E-state index in [1.54, 1.807) is 24.3 Å². The fourth-order valence-electron chi connectivity index (χ4n) is 3.17. The number of carbonyl (C=O) groups excluding carboxylic acids is 1. The molecular weight excluding hydrogens is 388 g/mol. The lowest BCUT2D eigenvalue weighted by molar-refractivity contribution is -0.143. The second-order valence-corrected chi connectivity index (χ2v) is 7.88. The number of para-hydroxylation sites is 1. The molecule has 0 bridgehead atoms. The second-order valence-electron chi connectivity index (χ2n) is 7.88. The van der Waals surface area contributed by atoms with E-state index in [0.29, 0.717) is 30.9 Å². The van der Waals surface area contributed by atoms with Crippen molar-refractivity contribution < 1.29 is 19.7 Å². The number of hydrogen-bond donors (Lipinski definition) is 2. The highest BCUT2D eigenvalue weighted by molar-refractivity contribution is 5.69.